The van der Waals surface area contributed by atoms with Crippen molar-refractivity contribution in [2.45, 2.75) is 6.92 Å². The third kappa shape index (κ3) is 3.61. The predicted molar refractivity (Wildman–Crippen MR) is 116 cm³/mol. The summed E-state index contributed by atoms with van der Waals surface area (Å²) in [4.78, 5) is 39.8. The third-order valence-electron chi connectivity index (χ3n) is 4.91. The van der Waals surface area contributed by atoms with Gasteiger partial charge in [-0.3, -0.25) is 14.4 Å². The number of imide groups is 1. The van der Waals surface area contributed by atoms with Crippen molar-refractivity contribution >= 4 is 29.1 Å². The van der Waals surface area contributed by atoms with Gasteiger partial charge >= 0.3 is 0 Å². The molecule has 0 bridgehead atoms. The zero-order chi connectivity index (χ0) is 22.0. The van der Waals surface area contributed by atoms with Gasteiger partial charge in [0, 0.05) is 5.56 Å². The minimum atomic E-state index is -0.506. The zero-order valence-corrected chi connectivity index (χ0v) is 17.0. The standard InChI is InChI=1S/C24H20N2O5/c1-3-31-20-10-6-4-8-18(20)25-22(27)15-12-13-16-17(14-15)24(29)26(23(16)28)19-9-5-7-11-21(19)30-2/h4-14H,3H2,1-2H3,(H,25,27). The fourth-order valence-electron chi connectivity index (χ4n) is 3.46. The van der Waals surface area contributed by atoms with E-state index in [1.54, 1.807) is 42.5 Å². The fourth-order valence-corrected chi connectivity index (χ4v) is 3.46. The Balaban J connectivity index is 1.64. The summed E-state index contributed by atoms with van der Waals surface area (Å²) in [6.45, 7) is 2.32. The number of carbonyl (C=O) groups is 3. The van der Waals surface area contributed by atoms with Crippen LogP contribution in [-0.2, 0) is 0 Å². The Morgan fingerprint density at radius 1 is 0.903 bits per heavy atom. The van der Waals surface area contributed by atoms with Gasteiger partial charge in [0.05, 0.1) is 36.2 Å². The predicted octanol–water partition coefficient (Wildman–Crippen LogP) is 4.15. The van der Waals surface area contributed by atoms with Crippen molar-refractivity contribution in [3.8, 4) is 11.5 Å². The Bertz CT molecular complexity index is 1190. The normalized spacial score (nSPS) is 12.5. The molecule has 7 nitrogen and oxygen atoms in total. The molecule has 0 saturated carbocycles. The molecule has 0 spiro atoms. The van der Waals surface area contributed by atoms with Gasteiger partial charge in [-0.1, -0.05) is 24.3 Å². The number of hydrogen-bond donors (Lipinski definition) is 1. The molecule has 1 heterocycles. The lowest BCUT2D eigenvalue weighted by molar-refractivity contribution is 0.0924. The quantitative estimate of drug-likeness (QED) is 0.611. The molecule has 0 unspecified atom stereocenters. The van der Waals surface area contributed by atoms with Crippen LogP contribution in [0.15, 0.2) is 66.7 Å². The summed E-state index contributed by atoms with van der Waals surface area (Å²) < 4.78 is 10.8. The van der Waals surface area contributed by atoms with Gasteiger partial charge in [0.2, 0.25) is 0 Å². The molecule has 0 atom stereocenters. The van der Waals surface area contributed by atoms with Gasteiger partial charge in [-0.05, 0) is 49.4 Å². The highest BCUT2D eigenvalue weighted by atomic mass is 16.5. The highest BCUT2D eigenvalue weighted by Gasteiger charge is 2.38. The van der Waals surface area contributed by atoms with Crippen molar-refractivity contribution in [1.82, 2.24) is 0 Å². The van der Waals surface area contributed by atoms with Crippen LogP contribution in [0.25, 0.3) is 0 Å². The van der Waals surface area contributed by atoms with Crippen molar-refractivity contribution in [2.24, 2.45) is 0 Å². The van der Waals surface area contributed by atoms with E-state index in [0.717, 1.165) is 4.90 Å². The topological polar surface area (TPSA) is 84.9 Å². The van der Waals surface area contributed by atoms with Gasteiger partial charge in [0.1, 0.15) is 11.5 Å². The number of nitrogens with one attached hydrogen (secondary N) is 1. The lowest BCUT2D eigenvalue weighted by Gasteiger charge is -2.16. The number of para-hydroxylation sites is 4. The van der Waals surface area contributed by atoms with Gasteiger partial charge in [-0.15, -0.1) is 0 Å². The first kappa shape index (κ1) is 20.2. The fraction of sp³-hybridized carbons (Fsp3) is 0.125. The molecule has 7 heteroatoms. The molecule has 3 amide bonds. The van der Waals surface area contributed by atoms with Crippen LogP contribution in [0, 0.1) is 0 Å². The molecule has 1 N–H and O–H groups in total. The molecule has 0 fully saturated rings. The SMILES string of the molecule is CCOc1ccccc1NC(=O)c1ccc2c(c1)C(=O)N(c1ccccc1OC)C2=O. The molecule has 0 radical (unpaired) electrons. The second-order valence-electron chi connectivity index (χ2n) is 6.76. The molecular weight excluding hydrogens is 396 g/mol. The molecule has 4 rings (SSSR count). The summed E-state index contributed by atoms with van der Waals surface area (Å²) in [5, 5.41) is 2.80. The van der Waals surface area contributed by atoms with Crippen LogP contribution < -0.4 is 19.7 Å². The van der Waals surface area contributed by atoms with Crippen molar-refractivity contribution < 1.29 is 23.9 Å². The van der Waals surface area contributed by atoms with E-state index in [2.05, 4.69) is 5.32 Å². The van der Waals surface area contributed by atoms with Crippen LogP contribution in [0.1, 0.15) is 38.0 Å². The second kappa shape index (κ2) is 8.31. The van der Waals surface area contributed by atoms with Crippen LogP contribution in [0.2, 0.25) is 0 Å². The van der Waals surface area contributed by atoms with Crippen molar-refractivity contribution in [3.05, 3.63) is 83.4 Å². The van der Waals surface area contributed by atoms with Gasteiger partial charge in [0.15, 0.2) is 0 Å². The molecule has 31 heavy (non-hydrogen) atoms. The molecule has 3 aromatic carbocycles. The Labute approximate surface area is 179 Å². The Morgan fingerprint density at radius 3 is 2.32 bits per heavy atom. The number of anilines is 2. The van der Waals surface area contributed by atoms with Gasteiger partial charge in [-0.2, -0.15) is 0 Å². The zero-order valence-electron chi connectivity index (χ0n) is 17.0. The average Bonchev–Trinajstić information content (AvgIpc) is 3.04. The highest BCUT2D eigenvalue weighted by molar-refractivity contribution is 6.35. The average molecular weight is 416 g/mol. The van der Waals surface area contributed by atoms with E-state index in [-0.39, 0.29) is 16.7 Å². The first-order chi connectivity index (χ1) is 15.0. The summed E-state index contributed by atoms with van der Waals surface area (Å²) in [7, 11) is 1.47. The number of fused-ring (bicyclic) bond motifs is 1. The number of benzene rings is 3. The van der Waals surface area contributed by atoms with E-state index >= 15 is 0 Å². The highest BCUT2D eigenvalue weighted by Crippen LogP contribution is 2.35. The smallest absolute Gasteiger partial charge is 0.266 e. The minimum Gasteiger partial charge on any atom is -0.495 e. The van der Waals surface area contributed by atoms with E-state index in [4.69, 9.17) is 9.47 Å². The summed E-state index contributed by atoms with van der Waals surface area (Å²) >= 11 is 0. The number of hydrogen-bond acceptors (Lipinski definition) is 5. The Morgan fingerprint density at radius 2 is 1.58 bits per heavy atom. The number of rotatable bonds is 6. The summed E-state index contributed by atoms with van der Waals surface area (Å²) in [5.41, 5.74) is 1.54. The van der Waals surface area contributed by atoms with Crippen molar-refractivity contribution in [2.75, 3.05) is 23.9 Å². The maximum Gasteiger partial charge on any atom is 0.266 e. The molecule has 0 aliphatic carbocycles. The van der Waals surface area contributed by atoms with Crippen LogP contribution >= 0.6 is 0 Å². The summed E-state index contributed by atoms with van der Waals surface area (Å²) in [5.74, 6) is -0.423. The molecule has 156 valence electrons. The Kier molecular flexibility index (Phi) is 5.41. The van der Waals surface area contributed by atoms with Crippen molar-refractivity contribution in [3.63, 3.8) is 0 Å². The van der Waals surface area contributed by atoms with Gasteiger partial charge in [0.25, 0.3) is 17.7 Å². The van der Waals surface area contributed by atoms with Gasteiger partial charge in [-0.25, -0.2) is 4.90 Å². The third-order valence-corrected chi connectivity index (χ3v) is 4.91. The summed E-state index contributed by atoms with van der Waals surface area (Å²) in [6.07, 6.45) is 0. The Hall–Kier alpha value is -4.13. The molecule has 0 aromatic heterocycles. The van der Waals surface area contributed by atoms with E-state index in [1.807, 2.05) is 13.0 Å². The van der Waals surface area contributed by atoms with Crippen LogP contribution in [0.3, 0.4) is 0 Å². The number of amides is 3. The first-order valence-corrected chi connectivity index (χ1v) is 9.74. The lowest BCUT2D eigenvalue weighted by atomic mass is 10.1. The lowest BCUT2D eigenvalue weighted by Crippen LogP contribution is -2.29. The van der Waals surface area contributed by atoms with E-state index < -0.39 is 17.7 Å². The monoisotopic (exact) mass is 416 g/mol. The molecule has 1 aliphatic rings. The molecule has 0 saturated heterocycles. The maximum absolute atomic E-state index is 13.0. The van der Waals surface area contributed by atoms with Gasteiger partial charge < -0.3 is 14.8 Å². The number of nitrogens with zero attached hydrogens (tertiary/aromatic N) is 1. The van der Waals surface area contributed by atoms with E-state index in [0.29, 0.717) is 29.5 Å². The van der Waals surface area contributed by atoms with E-state index in [1.165, 1.54) is 25.3 Å². The van der Waals surface area contributed by atoms with Crippen molar-refractivity contribution in [1.29, 1.82) is 0 Å². The number of methoxy groups -OCH3 is 1. The molecular formula is C24H20N2O5. The number of carbonyl (C=O) groups excluding carboxylic acids is 3. The van der Waals surface area contributed by atoms with Crippen LogP contribution in [0.5, 0.6) is 11.5 Å². The largest absolute Gasteiger partial charge is 0.495 e. The summed E-state index contributed by atoms with van der Waals surface area (Å²) in [6, 6.07) is 18.3. The maximum atomic E-state index is 13.0. The number of ether oxygens (including phenoxy) is 2. The first-order valence-electron chi connectivity index (χ1n) is 9.74. The minimum absolute atomic E-state index is 0.168. The van der Waals surface area contributed by atoms with Crippen LogP contribution in [-0.4, -0.2) is 31.4 Å². The van der Waals surface area contributed by atoms with Crippen LogP contribution in [0.4, 0.5) is 11.4 Å². The molecule has 3 aromatic rings. The molecule has 1 aliphatic heterocycles. The van der Waals surface area contributed by atoms with E-state index in [9.17, 15) is 14.4 Å². The second-order valence-corrected chi connectivity index (χ2v) is 6.76.